The van der Waals surface area contributed by atoms with Gasteiger partial charge in [0.05, 0.1) is 13.5 Å². The zero-order valence-electron chi connectivity index (χ0n) is 12.3. The van der Waals surface area contributed by atoms with E-state index in [0.717, 1.165) is 5.56 Å². The van der Waals surface area contributed by atoms with Crippen LogP contribution in [0.5, 0.6) is 0 Å². The van der Waals surface area contributed by atoms with Crippen LogP contribution in [0, 0.1) is 18.3 Å². The van der Waals surface area contributed by atoms with Gasteiger partial charge in [-0.25, -0.2) is 0 Å². The Labute approximate surface area is 133 Å². The highest BCUT2D eigenvalue weighted by molar-refractivity contribution is 6.31. The van der Waals surface area contributed by atoms with Crippen LogP contribution < -0.4 is 10.6 Å². The number of anilines is 1. The van der Waals surface area contributed by atoms with Crippen molar-refractivity contribution in [2.24, 2.45) is 0 Å². The fourth-order valence-electron chi connectivity index (χ4n) is 1.52. The summed E-state index contributed by atoms with van der Waals surface area (Å²) in [5.74, 6) is -0.933. The van der Waals surface area contributed by atoms with Crippen molar-refractivity contribution in [3.8, 4) is 6.07 Å². The van der Waals surface area contributed by atoms with Gasteiger partial charge < -0.3 is 15.4 Å². The van der Waals surface area contributed by atoms with E-state index in [-0.39, 0.29) is 24.5 Å². The number of nitrogens with one attached hydrogen (secondary N) is 2. The molecule has 0 fully saturated rings. The highest BCUT2D eigenvalue weighted by Crippen LogP contribution is 2.20. The summed E-state index contributed by atoms with van der Waals surface area (Å²) in [5, 5.41) is 14.8. The summed E-state index contributed by atoms with van der Waals surface area (Å²) in [4.78, 5) is 22.9. The normalized spacial score (nSPS) is 10.5. The van der Waals surface area contributed by atoms with Gasteiger partial charge in [0.2, 0.25) is 0 Å². The monoisotopic (exact) mass is 321 g/mol. The van der Waals surface area contributed by atoms with Gasteiger partial charge in [0.15, 0.2) is 0 Å². The summed E-state index contributed by atoms with van der Waals surface area (Å²) in [5.41, 5.74) is 1.26. The molecule has 2 N–H and O–H groups in total. The van der Waals surface area contributed by atoms with E-state index < -0.39 is 5.91 Å². The smallest absolute Gasteiger partial charge is 0.307 e. The van der Waals surface area contributed by atoms with Gasteiger partial charge in [-0.05, 0) is 24.6 Å². The van der Waals surface area contributed by atoms with E-state index in [4.69, 9.17) is 16.9 Å². The van der Waals surface area contributed by atoms with Crippen LogP contribution in [0.3, 0.4) is 0 Å². The Morgan fingerprint density at radius 3 is 2.82 bits per heavy atom. The highest BCUT2D eigenvalue weighted by Gasteiger charge is 2.11. The van der Waals surface area contributed by atoms with Crippen LogP contribution in [-0.4, -0.2) is 25.5 Å². The summed E-state index contributed by atoms with van der Waals surface area (Å²) < 4.78 is 4.48. The molecule has 116 valence electrons. The van der Waals surface area contributed by atoms with Crippen molar-refractivity contribution in [1.29, 1.82) is 5.26 Å². The number of carbonyl (C=O) groups excluding carboxylic acids is 2. The predicted molar refractivity (Wildman–Crippen MR) is 83.2 cm³/mol. The molecule has 22 heavy (non-hydrogen) atoms. The van der Waals surface area contributed by atoms with Crippen LogP contribution >= 0.6 is 11.6 Å². The molecule has 7 heteroatoms. The molecule has 6 nitrogen and oxygen atoms in total. The first-order valence-corrected chi connectivity index (χ1v) is 6.83. The van der Waals surface area contributed by atoms with Gasteiger partial charge in [0, 0.05) is 23.5 Å². The second kappa shape index (κ2) is 8.70. The lowest BCUT2D eigenvalue weighted by Gasteiger charge is -2.08. The maximum Gasteiger partial charge on any atom is 0.307 e. The van der Waals surface area contributed by atoms with Crippen LogP contribution in [0.15, 0.2) is 30.0 Å². The quantitative estimate of drug-likeness (QED) is 0.362. The minimum absolute atomic E-state index is 0.107. The third kappa shape index (κ3) is 5.46. The van der Waals surface area contributed by atoms with Crippen LogP contribution in [0.25, 0.3) is 0 Å². The number of halogens is 1. The number of esters is 1. The zero-order valence-corrected chi connectivity index (χ0v) is 13.0. The summed E-state index contributed by atoms with van der Waals surface area (Å²) in [6, 6.07) is 6.88. The van der Waals surface area contributed by atoms with E-state index in [1.165, 1.54) is 13.3 Å². The number of nitriles is 1. The van der Waals surface area contributed by atoms with Crippen LogP contribution in [0.1, 0.15) is 12.0 Å². The first-order chi connectivity index (χ1) is 10.5. The number of nitrogens with zero attached hydrogens (tertiary/aromatic N) is 1. The Bertz CT molecular complexity index is 635. The maximum absolute atomic E-state index is 12.0. The largest absolute Gasteiger partial charge is 0.469 e. The highest BCUT2D eigenvalue weighted by atomic mass is 35.5. The number of carbonyl (C=O) groups is 2. The zero-order chi connectivity index (χ0) is 16.5. The first kappa shape index (κ1) is 17.5. The van der Waals surface area contributed by atoms with Crippen LogP contribution in [0.2, 0.25) is 5.02 Å². The summed E-state index contributed by atoms with van der Waals surface area (Å²) in [6.45, 7) is 2.08. The molecule has 0 heterocycles. The van der Waals surface area contributed by atoms with Gasteiger partial charge in [0.1, 0.15) is 11.6 Å². The Hall–Kier alpha value is -2.52. The molecule has 0 bridgehead atoms. The van der Waals surface area contributed by atoms with Crippen LogP contribution in [-0.2, 0) is 14.3 Å². The number of methoxy groups -OCH3 is 1. The Balaban J connectivity index is 2.66. The van der Waals surface area contributed by atoms with Crippen molar-refractivity contribution >= 4 is 29.2 Å². The standard InChI is InChI=1S/C15H16ClN3O3/c1-10-3-4-12(16)7-13(10)19-15(21)11(8-17)9-18-6-5-14(20)22-2/h3-4,7,9,18H,5-6H2,1-2H3,(H,19,21)/b11-9-. The number of amides is 1. The first-order valence-electron chi connectivity index (χ1n) is 6.46. The summed E-state index contributed by atoms with van der Waals surface area (Å²) in [6.07, 6.45) is 1.40. The van der Waals surface area contributed by atoms with E-state index >= 15 is 0 Å². The average molecular weight is 322 g/mol. The molecular formula is C15H16ClN3O3. The Morgan fingerprint density at radius 1 is 1.45 bits per heavy atom. The SMILES string of the molecule is COC(=O)CCN/C=C(/C#N)C(=O)Nc1cc(Cl)ccc1C. The second-order valence-electron chi connectivity index (χ2n) is 4.36. The second-order valence-corrected chi connectivity index (χ2v) is 4.80. The molecule has 1 amide bonds. The number of ether oxygens (including phenoxy) is 1. The fourth-order valence-corrected chi connectivity index (χ4v) is 1.69. The van der Waals surface area contributed by atoms with Gasteiger partial charge in [-0.2, -0.15) is 5.26 Å². The molecule has 0 saturated heterocycles. The number of benzene rings is 1. The van der Waals surface area contributed by atoms with Crippen molar-refractivity contribution in [3.05, 3.63) is 40.6 Å². The molecule has 1 aromatic rings. The number of hydrogen-bond donors (Lipinski definition) is 2. The van der Waals surface area contributed by atoms with Crippen LogP contribution in [0.4, 0.5) is 5.69 Å². The molecule has 1 rings (SSSR count). The summed E-state index contributed by atoms with van der Waals surface area (Å²) >= 11 is 5.87. The molecule has 0 aliphatic heterocycles. The Morgan fingerprint density at radius 2 is 2.18 bits per heavy atom. The summed E-state index contributed by atoms with van der Waals surface area (Å²) in [7, 11) is 1.29. The van der Waals surface area contributed by atoms with E-state index in [9.17, 15) is 9.59 Å². The lowest BCUT2D eigenvalue weighted by atomic mass is 10.2. The molecule has 0 aliphatic rings. The van der Waals surface area contributed by atoms with Crippen molar-refractivity contribution < 1.29 is 14.3 Å². The topological polar surface area (TPSA) is 91.2 Å². The van der Waals surface area contributed by atoms with Crippen molar-refractivity contribution in [2.45, 2.75) is 13.3 Å². The number of hydrogen-bond acceptors (Lipinski definition) is 5. The van der Waals surface area contributed by atoms with Crippen molar-refractivity contribution in [1.82, 2.24) is 5.32 Å². The molecule has 0 spiro atoms. The fraction of sp³-hybridized carbons (Fsp3) is 0.267. The van der Waals surface area contributed by atoms with Gasteiger partial charge in [0.25, 0.3) is 5.91 Å². The molecular weight excluding hydrogens is 306 g/mol. The van der Waals surface area contributed by atoms with Crippen molar-refractivity contribution in [2.75, 3.05) is 19.0 Å². The third-order valence-electron chi connectivity index (χ3n) is 2.76. The number of rotatable bonds is 6. The molecule has 1 aromatic carbocycles. The maximum atomic E-state index is 12.0. The van der Waals surface area contributed by atoms with E-state index in [2.05, 4.69) is 15.4 Å². The number of aryl methyl sites for hydroxylation is 1. The molecule has 0 aliphatic carbocycles. The lowest BCUT2D eigenvalue weighted by Crippen LogP contribution is -2.19. The van der Waals surface area contributed by atoms with E-state index in [1.54, 1.807) is 24.3 Å². The molecule has 0 atom stereocenters. The van der Waals surface area contributed by atoms with E-state index in [1.807, 2.05) is 6.92 Å². The van der Waals surface area contributed by atoms with Gasteiger partial charge in [-0.3, -0.25) is 9.59 Å². The van der Waals surface area contributed by atoms with Crippen molar-refractivity contribution in [3.63, 3.8) is 0 Å². The minimum Gasteiger partial charge on any atom is -0.469 e. The minimum atomic E-state index is -0.557. The third-order valence-corrected chi connectivity index (χ3v) is 3.00. The molecule has 0 saturated carbocycles. The van der Waals surface area contributed by atoms with E-state index in [0.29, 0.717) is 10.7 Å². The average Bonchev–Trinajstić information content (AvgIpc) is 2.50. The van der Waals surface area contributed by atoms with Gasteiger partial charge in [-0.15, -0.1) is 0 Å². The molecule has 0 radical (unpaired) electrons. The van der Waals surface area contributed by atoms with Gasteiger partial charge in [-0.1, -0.05) is 17.7 Å². The molecule has 0 aromatic heterocycles. The van der Waals surface area contributed by atoms with Gasteiger partial charge >= 0.3 is 5.97 Å². The molecule has 0 unspecified atom stereocenters. The Kier molecular flexibility index (Phi) is 6.93. The lowest BCUT2D eigenvalue weighted by molar-refractivity contribution is -0.140. The predicted octanol–water partition coefficient (Wildman–Crippen LogP) is 2.15.